The summed E-state index contributed by atoms with van der Waals surface area (Å²) >= 11 is 0. The third kappa shape index (κ3) is 4.85. The van der Waals surface area contributed by atoms with Crippen molar-refractivity contribution in [1.29, 1.82) is 0 Å². The molecule has 0 radical (unpaired) electrons. The van der Waals surface area contributed by atoms with Gasteiger partial charge in [-0.05, 0) is 50.6 Å². The molecule has 4 nitrogen and oxygen atoms in total. The molecule has 0 atom stereocenters. The van der Waals surface area contributed by atoms with Gasteiger partial charge in [-0.1, -0.05) is 36.4 Å². The molecule has 26 heavy (non-hydrogen) atoms. The highest BCUT2D eigenvalue weighted by atomic mass is 16.5. The van der Waals surface area contributed by atoms with E-state index in [1.807, 2.05) is 35.2 Å². The lowest BCUT2D eigenvalue weighted by Crippen LogP contribution is -2.36. The second-order valence-corrected chi connectivity index (χ2v) is 7.08. The Bertz CT molecular complexity index is 728. The Labute approximate surface area is 156 Å². The molecule has 1 amide bonds. The second-order valence-electron chi connectivity index (χ2n) is 7.08. The fourth-order valence-corrected chi connectivity index (χ4v) is 3.31. The summed E-state index contributed by atoms with van der Waals surface area (Å²) in [5.41, 5.74) is 3.50. The monoisotopic (exact) mass is 352 g/mol. The van der Waals surface area contributed by atoms with Gasteiger partial charge < -0.3 is 14.5 Å². The molecule has 1 aliphatic rings. The Kier molecular flexibility index (Phi) is 6.29. The molecule has 0 spiro atoms. The molecular formula is C22H28N2O2. The average molecular weight is 352 g/mol. The number of fused-ring (bicyclic) bond motifs is 1. The van der Waals surface area contributed by atoms with E-state index in [1.165, 1.54) is 11.1 Å². The van der Waals surface area contributed by atoms with E-state index in [-0.39, 0.29) is 5.91 Å². The van der Waals surface area contributed by atoms with Crippen LogP contribution in [-0.2, 0) is 17.6 Å². The predicted molar refractivity (Wildman–Crippen MR) is 106 cm³/mol. The Balaban J connectivity index is 1.68. The number of nitrogens with zero attached hydrogens (tertiary/aromatic N) is 2. The van der Waals surface area contributed by atoms with Crippen LogP contribution >= 0.6 is 0 Å². The van der Waals surface area contributed by atoms with Gasteiger partial charge in [0, 0.05) is 25.6 Å². The first-order chi connectivity index (χ1) is 12.6. The van der Waals surface area contributed by atoms with Crippen molar-refractivity contribution in [3.63, 3.8) is 0 Å². The van der Waals surface area contributed by atoms with Crippen molar-refractivity contribution in [2.75, 3.05) is 38.7 Å². The first-order valence-electron chi connectivity index (χ1n) is 9.38. The summed E-state index contributed by atoms with van der Waals surface area (Å²) < 4.78 is 5.90. The topological polar surface area (TPSA) is 32.8 Å². The van der Waals surface area contributed by atoms with E-state index in [0.29, 0.717) is 19.6 Å². The van der Waals surface area contributed by atoms with Gasteiger partial charge in [0.25, 0.3) is 0 Å². The minimum Gasteiger partial charge on any atom is -0.493 e. The van der Waals surface area contributed by atoms with Crippen LogP contribution in [-0.4, -0.2) is 44.6 Å². The lowest BCUT2D eigenvalue weighted by molar-refractivity contribution is -0.118. The molecule has 0 aromatic heterocycles. The van der Waals surface area contributed by atoms with E-state index < -0.39 is 0 Å². The van der Waals surface area contributed by atoms with Crippen molar-refractivity contribution < 1.29 is 9.53 Å². The Morgan fingerprint density at radius 2 is 1.88 bits per heavy atom. The highest BCUT2D eigenvalue weighted by Crippen LogP contribution is 2.31. The molecule has 0 saturated heterocycles. The molecule has 0 fully saturated rings. The molecule has 1 heterocycles. The van der Waals surface area contributed by atoms with Gasteiger partial charge in [0.15, 0.2) is 0 Å². The van der Waals surface area contributed by atoms with Crippen LogP contribution in [0.15, 0.2) is 48.5 Å². The van der Waals surface area contributed by atoms with Crippen LogP contribution in [0.1, 0.15) is 24.0 Å². The number of rotatable bonds is 8. The summed E-state index contributed by atoms with van der Waals surface area (Å²) in [5, 5.41) is 0. The number of carbonyl (C=O) groups is 1. The molecule has 138 valence electrons. The number of carbonyl (C=O) groups excluding carboxylic acids is 1. The number of aryl methyl sites for hydroxylation is 1. The largest absolute Gasteiger partial charge is 0.493 e. The van der Waals surface area contributed by atoms with Crippen LogP contribution in [0, 0.1) is 0 Å². The summed E-state index contributed by atoms with van der Waals surface area (Å²) in [6.45, 7) is 2.40. The van der Waals surface area contributed by atoms with E-state index in [9.17, 15) is 4.79 Å². The maximum absolute atomic E-state index is 12.5. The lowest BCUT2D eigenvalue weighted by Gasteiger charge is -2.30. The highest BCUT2D eigenvalue weighted by Gasteiger charge is 2.24. The van der Waals surface area contributed by atoms with Gasteiger partial charge in [-0.25, -0.2) is 0 Å². The van der Waals surface area contributed by atoms with Crippen molar-refractivity contribution in [2.24, 2.45) is 0 Å². The summed E-state index contributed by atoms with van der Waals surface area (Å²) in [5.74, 6) is 1.06. The molecular weight excluding hydrogens is 324 g/mol. The fraction of sp³-hybridized carbons (Fsp3) is 0.409. The van der Waals surface area contributed by atoms with Gasteiger partial charge in [-0.3, -0.25) is 4.79 Å². The third-order valence-corrected chi connectivity index (χ3v) is 4.74. The summed E-state index contributed by atoms with van der Waals surface area (Å²) in [6.07, 6.45) is 3.25. The predicted octanol–water partition coefficient (Wildman–Crippen LogP) is 3.54. The van der Waals surface area contributed by atoms with Crippen molar-refractivity contribution in [2.45, 2.75) is 25.7 Å². The zero-order valence-electron chi connectivity index (χ0n) is 15.8. The molecule has 0 saturated carbocycles. The smallest absolute Gasteiger partial charge is 0.227 e. The number of hydrogen-bond donors (Lipinski definition) is 0. The summed E-state index contributed by atoms with van der Waals surface area (Å²) in [4.78, 5) is 16.6. The minimum absolute atomic E-state index is 0.207. The van der Waals surface area contributed by atoms with Gasteiger partial charge in [0.1, 0.15) is 5.75 Å². The second kappa shape index (κ2) is 8.86. The number of ether oxygens (including phenoxy) is 1. The van der Waals surface area contributed by atoms with Crippen molar-refractivity contribution in [1.82, 2.24) is 4.90 Å². The van der Waals surface area contributed by atoms with Crippen LogP contribution in [0.25, 0.3) is 0 Å². The van der Waals surface area contributed by atoms with Crippen LogP contribution in [0.2, 0.25) is 0 Å². The number of benzene rings is 2. The number of hydrogen-bond acceptors (Lipinski definition) is 3. The zero-order valence-corrected chi connectivity index (χ0v) is 15.8. The van der Waals surface area contributed by atoms with Gasteiger partial charge in [0.05, 0.1) is 12.3 Å². The molecule has 4 heteroatoms. The maximum Gasteiger partial charge on any atom is 0.227 e. The Hall–Kier alpha value is -2.33. The van der Waals surface area contributed by atoms with Gasteiger partial charge in [-0.2, -0.15) is 0 Å². The summed E-state index contributed by atoms with van der Waals surface area (Å²) in [7, 11) is 4.13. The normalized spacial score (nSPS) is 13.8. The molecule has 0 aliphatic carbocycles. The van der Waals surface area contributed by atoms with E-state index in [2.05, 4.69) is 37.2 Å². The van der Waals surface area contributed by atoms with Crippen LogP contribution < -0.4 is 9.64 Å². The van der Waals surface area contributed by atoms with E-state index >= 15 is 0 Å². The maximum atomic E-state index is 12.5. The first kappa shape index (κ1) is 18.5. The standard InChI is InChI=1S/C22H28N2O2/c1-23(2)14-6-16-26-20-11-9-19-10-12-22(25)24(21(19)17-20)15-13-18-7-4-3-5-8-18/h3-5,7-9,11,17H,6,10,12-16H2,1-2H3. The summed E-state index contributed by atoms with van der Waals surface area (Å²) in [6, 6.07) is 16.5. The van der Waals surface area contributed by atoms with Crippen molar-refractivity contribution >= 4 is 11.6 Å². The van der Waals surface area contributed by atoms with Crippen LogP contribution in [0.5, 0.6) is 5.75 Å². The molecule has 0 unspecified atom stereocenters. The molecule has 3 rings (SSSR count). The van der Waals surface area contributed by atoms with Crippen molar-refractivity contribution in [3.8, 4) is 5.75 Å². The SMILES string of the molecule is CN(C)CCCOc1ccc2c(c1)N(CCc1ccccc1)C(=O)CC2. The highest BCUT2D eigenvalue weighted by molar-refractivity contribution is 5.96. The minimum atomic E-state index is 0.207. The average Bonchev–Trinajstić information content (AvgIpc) is 2.65. The van der Waals surface area contributed by atoms with Crippen molar-refractivity contribution in [3.05, 3.63) is 59.7 Å². The molecule has 1 aliphatic heterocycles. The molecule has 0 N–H and O–H groups in total. The molecule has 0 bridgehead atoms. The van der Waals surface area contributed by atoms with Gasteiger partial charge >= 0.3 is 0 Å². The lowest BCUT2D eigenvalue weighted by atomic mass is 10.00. The quantitative estimate of drug-likeness (QED) is 0.681. The fourth-order valence-electron chi connectivity index (χ4n) is 3.31. The van der Waals surface area contributed by atoms with Crippen LogP contribution in [0.3, 0.4) is 0 Å². The molecule has 2 aromatic rings. The number of amides is 1. The van der Waals surface area contributed by atoms with E-state index in [0.717, 1.165) is 37.2 Å². The van der Waals surface area contributed by atoms with Gasteiger partial charge in [-0.15, -0.1) is 0 Å². The van der Waals surface area contributed by atoms with Gasteiger partial charge in [0.2, 0.25) is 5.91 Å². The first-order valence-corrected chi connectivity index (χ1v) is 9.38. The third-order valence-electron chi connectivity index (χ3n) is 4.74. The van der Waals surface area contributed by atoms with Crippen LogP contribution in [0.4, 0.5) is 5.69 Å². The number of anilines is 1. The van der Waals surface area contributed by atoms with E-state index in [4.69, 9.17) is 4.74 Å². The zero-order chi connectivity index (χ0) is 18.4. The Morgan fingerprint density at radius 3 is 2.65 bits per heavy atom. The molecule has 2 aromatic carbocycles. The Morgan fingerprint density at radius 1 is 1.08 bits per heavy atom. The van der Waals surface area contributed by atoms with E-state index in [1.54, 1.807) is 0 Å².